The van der Waals surface area contributed by atoms with E-state index in [0.29, 0.717) is 12.2 Å². The van der Waals surface area contributed by atoms with Crippen molar-refractivity contribution in [2.75, 3.05) is 0 Å². The van der Waals surface area contributed by atoms with Crippen LogP contribution >= 0.6 is 0 Å². The van der Waals surface area contributed by atoms with Crippen molar-refractivity contribution in [1.82, 2.24) is 0 Å². The van der Waals surface area contributed by atoms with Gasteiger partial charge < -0.3 is 0 Å². The first-order valence-corrected chi connectivity index (χ1v) is 8.38. The van der Waals surface area contributed by atoms with Crippen molar-refractivity contribution in [3.8, 4) is 0 Å². The first-order valence-electron chi connectivity index (χ1n) is 8.38. The SMILES string of the molecule is F/C=C/CCCC1CCC(CCc2ccc(F)c(F)c2)CC1. The van der Waals surface area contributed by atoms with E-state index in [1.165, 1.54) is 44.2 Å². The fraction of sp³-hybridized carbons (Fsp3) is 0.579. The fourth-order valence-electron chi connectivity index (χ4n) is 3.46. The number of hydrogen-bond acceptors (Lipinski definition) is 0. The molecule has 0 nitrogen and oxygen atoms in total. The van der Waals surface area contributed by atoms with Crippen LogP contribution in [-0.2, 0) is 6.42 Å². The highest BCUT2D eigenvalue weighted by atomic mass is 19.2. The van der Waals surface area contributed by atoms with Crippen molar-refractivity contribution in [1.29, 1.82) is 0 Å². The van der Waals surface area contributed by atoms with E-state index in [9.17, 15) is 13.2 Å². The zero-order valence-electron chi connectivity index (χ0n) is 13.0. The molecule has 0 aliphatic heterocycles. The summed E-state index contributed by atoms with van der Waals surface area (Å²) in [6.45, 7) is 0. The van der Waals surface area contributed by atoms with Crippen LogP contribution in [0.2, 0.25) is 0 Å². The van der Waals surface area contributed by atoms with E-state index in [0.717, 1.165) is 37.2 Å². The summed E-state index contributed by atoms with van der Waals surface area (Å²) in [6.07, 6.45) is 12.2. The van der Waals surface area contributed by atoms with E-state index in [4.69, 9.17) is 0 Å². The molecule has 0 unspecified atom stereocenters. The highest BCUT2D eigenvalue weighted by molar-refractivity contribution is 5.17. The maximum absolute atomic E-state index is 13.2. The van der Waals surface area contributed by atoms with Gasteiger partial charge in [0.05, 0.1) is 6.33 Å². The maximum atomic E-state index is 13.2. The van der Waals surface area contributed by atoms with Gasteiger partial charge >= 0.3 is 0 Å². The molecule has 2 rings (SSSR count). The van der Waals surface area contributed by atoms with E-state index in [2.05, 4.69) is 0 Å². The standard InChI is InChI=1S/C19H25F3/c20-13-3-1-2-4-15-5-7-16(8-6-15)9-10-17-11-12-18(21)19(22)14-17/h3,11-16H,1-2,4-10H2/b13-3+. The van der Waals surface area contributed by atoms with E-state index in [1.807, 2.05) is 0 Å². The second-order valence-electron chi connectivity index (χ2n) is 6.47. The average molecular weight is 310 g/mol. The number of unbranched alkanes of at least 4 members (excludes halogenated alkanes) is 1. The zero-order valence-corrected chi connectivity index (χ0v) is 13.0. The molecule has 1 aliphatic rings. The van der Waals surface area contributed by atoms with Gasteiger partial charge in [-0.15, -0.1) is 0 Å². The van der Waals surface area contributed by atoms with Crippen LogP contribution in [-0.4, -0.2) is 0 Å². The summed E-state index contributed by atoms with van der Waals surface area (Å²) in [5, 5.41) is 0. The molecule has 3 heteroatoms. The molecular weight excluding hydrogens is 285 g/mol. The van der Waals surface area contributed by atoms with Crippen LogP contribution in [0.3, 0.4) is 0 Å². The Labute approximate surface area is 131 Å². The highest BCUT2D eigenvalue weighted by Gasteiger charge is 2.20. The van der Waals surface area contributed by atoms with Crippen LogP contribution in [0.25, 0.3) is 0 Å². The van der Waals surface area contributed by atoms with Gasteiger partial charge in [0, 0.05) is 0 Å². The lowest BCUT2D eigenvalue weighted by atomic mass is 9.78. The summed E-state index contributed by atoms with van der Waals surface area (Å²) >= 11 is 0. The summed E-state index contributed by atoms with van der Waals surface area (Å²) in [5.74, 6) is -0.0296. The van der Waals surface area contributed by atoms with Crippen molar-refractivity contribution in [3.63, 3.8) is 0 Å². The third-order valence-corrected chi connectivity index (χ3v) is 4.86. The molecule has 1 aliphatic carbocycles. The summed E-state index contributed by atoms with van der Waals surface area (Å²) in [7, 11) is 0. The lowest BCUT2D eigenvalue weighted by Crippen LogP contribution is -2.15. The van der Waals surface area contributed by atoms with Gasteiger partial charge in [0.25, 0.3) is 0 Å². The molecule has 122 valence electrons. The summed E-state index contributed by atoms with van der Waals surface area (Å²) < 4.78 is 37.9. The molecular formula is C19H25F3. The monoisotopic (exact) mass is 310 g/mol. The Kier molecular flexibility index (Phi) is 7.01. The molecule has 1 saturated carbocycles. The number of halogens is 3. The van der Waals surface area contributed by atoms with E-state index < -0.39 is 11.6 Å². The van der Waals surface area contributed by atoms with Crippen molar-refractivity contribution in [3.05, 3.63) is 47.8 Å². The van der Waals surface area contributed by atoms with Gasteiger partial charge in [-0.25, -0.2) is 13.2 Å². The number of allylic oxidation sites excluding steroid dienone is 1. The highest BCUT2D eigenvalue weighted by Crippen LogP contribution is 2.34. The number of rotatable bonds is 7. The van der Waals surface area contributed by atoms with Crippen molar-refractivity contribution in [2.45, 2.75) is 57.8 Å². The first-order chi connectivity index (χ1) is 10.7. The van der Waals surface area contributed by atoms with Crippen molar-refractivity contribution >= 4 is 0 Å². The summed E-state index contributed by atoms with van der Waals surface area (Å²) in [5.41, 5.74) is 0.888. The minimum absolute atomic E-state index is 0.634. The Hall–Kier alpha value is -1.25. The number of benzene rings is 1. The Morgan fingerprint density at radius 1 is 0.955 bits per heavy atom. The third kappa shape index (κ3) is 5.51. The molecule has 1 aromatic carbocycles. The lowest BCUT2D eigenvalue weighted by Gasteiger charge is -2.28. The van der Waals surface area contributed by atoms with Gasteiger partial charge in [-0.05, 0) is 55.2 Å². The second kappa shape index (κ2) is 9.02. The summed E-state index contributed by atoms with van der Waals surface area (Å²) in [4.78, 5) is 0. The van der Waals surface area contributed by atoms with Crippen LogP contribution in [0.5, 0.6) is 0 Å². The predicted octanol–water partition coefficient (Wildman–Crippen LogP) is 6.36. The van der Waals surface area contributed by atoms with Crippen LogP contribution in [0, 0.1) is 23.5 Å². The smallest absolute Gasteiger partial charge is 0.159 e. The lowest BCUT2D eigenvalue weighted by molar-refractivity contribution is 0.250. The van der Waals surface area contributed by atoms with Gasteiger partial charge in [-0.3, -0.25) is 0 Å². The Bertz CT molecular complexity index is 474. The topological polar surface area (TPSA) is 0 Å². The Balaban J connectivity index is 1.65. The van der Waals surface area contributed by atoms with Crippen LogP contribution in [0.15, 0.2) is 30.6 Å². The van der Waals surface area contributed by atoms with Gasteiger partial charge in [0.1, 0.15) is 0 Å². The molecule has 1 aromatic rings. The van der Waals surface area contributed by atoms with Crippen LogP contribution in [0.1, 0.15) is 56.9 Å². The molecule has 0 aromatic heterocycles. The Morgan fingerprint density at radius 3 is 2.27 bits per heavy atom. The second-order valence-corrected chi connectivity index (χ2v) is 6.47. The minimum Gasteiger partial charge on any atom is -0.216 e. The third-order valence-electron chi connectivity index (χ3n) is 4.86. The van der Waals surface area contributed by atoms with E-state index in [1.54, 1.807) is 12.1 Å². The molecule has 0 spiro atoms. The first kappa shape index (κ1) is 17.1. The molecule has 0 heterocycles. The van der Waals surface area contributed by atoms with Crippen LogP contribution < -0.4 is 0 Å². The van der Waals surface area contributed by atoms with E-state index >= 15 is 0 Å². The fourth-order valence-corrected chi connectivity index (χ4v) is 3.46. The Morgan fingerprint density at radius 2 is 1.64 bits per heavy atom. The molecule has 0 saturated heterocycles. The predicted molar refractivity (Wildman–Crippen MR) is 84.2 cm³/mol. The number of hydrogen-bond donors (Lipinski definition) is 0. The van der Waals surface area contributed by atoms with Gasteiger partial charge in [0.2, 0.25) is 0 Å². The molecule has 0 amide bonds. The largest absolute Gasteiger partial charge is 0.216 e. The molecule has 0 bridgehead atoms. The quantitative estimate of drug-likeness (QED) is 0.514. The van der Waals surface area contributed by atoms with Crippen molar-refractivity contribution < 1.29 is 13.2 Å². The number of aryl methyl sites for hydroxylation is 1. The molecule has 0 N–H and O–H groups in total. The molecule has 0 atom stereocenters. The molecule has 0 radical (unpaired) electrons. The van der Waals surface area contributed by atoms with E-state index in [-0.39, 0.29) is 0 Å². The van der Waals surface area contributed by atoms with Gasteiger partial charge in [0.15, 0.2) is 11.6 Å². The minimum atomic E-state index is -0.771. The average Bonchev–Trinajstić information content (AvgIpc) is 2.54. The van der Waals surface area contributed by atoms with Gasteiger partial charge in [-0.1, -0.05) is 44.2 Å². The molecule has 1 fully saturated rings. The molecule has 22 heavy (non-hydrogen) atoms. The van der Waals surface area contributed by atoms with Gasteiger partial charge in [-0.2, -0.15) is 0 Å². The normalized spacial score (nSPS) is 22.3. The summed E-state index contributed by atoms with van der Waals surface area (Å²) in [6, 6.07) is 4.22. The van der Waals surface area contributed by atoms with Crippen molar-refractivity contribution in [2.24, 2.45) is 11.8 Å². The maximum Gasteiger partial charge on any atom is 0.159 e. The zero-order chi connectivity index (χ0) is 15.8. The van der Waals surface area contributed by atoms with Crippen LogP contribution in [0.4, 0.5) is 13.2 Å².